The number of alkyl carbamates (subject to hydrolysis) is 1. The molecule has 0 saturated carbocycles. The number of rotatable bonds is 4. The number of aryl methyl sites for hydroxylation is 2. The van der Waals surface area contributed by atoms with E-state index in [1.54, 1.807) is 0 Å². The second-order valence-electron chi connectivity index (χ2n) is 7.79. The topological polar surface area (TPSA) is 38.3 Å². The van der Waals surface area contributed by atoms with Crippen LogP contribution in [0.2, 0.25) is 0 Å². The molecular formula is C27H23NO2. The van der Waals surface area contributed by atoms with Gasteiger partial charge in [0, 0.05) is 24.4 Å². The lowest BCUT2D eigenvalue weighted by molar-refractivity contribution is 0.143. The number of ether oxygens (including phenoxy) is 1. The van der Waals surface area contributed by atoms with Crippen molar-refractivity contribution in [3.05, 3.63) is 94.5 Å². The Labute approximate surface area is 177 Å². The van der Waals surface area contributed by atoms with Crippen LogP contribution in [0.4, 0.5) is 4.79 Å². The molecule has 3 heteroatoms. The van der Waals surface area contributed by atoms with Gasteiger partial charge in [-0.2, -0.15) is 0 Å². The normalized spacial score (nSPS) is 13.2. The molecule has 0 fully saturated rings. The summed E-state index contributed by atoms with van der Waals surface area (Å²) in [7, 11) is 0. The molecule has 5 rings (SSSR count). The Morgan fingerprint density at radius 3 is 2.30 bits per heavy atom. The largest absolute Gasteiger partial charge is 0.449 e. The predicted octanol–water partition coefficient (Wildman–Crippen LogP) is 5.07. The lowest BCUT2D eigenvalue weighted by Crippen LogP contribution is -2.26. The summed E-state index contributed by atoms with van der Waals surface area (Å²) in [6, 6.07) is 23.1. The number of nitrogens with one attached hydrogen (secondary N) is 1. The minimum Gasteiger partial charge on any atom is -0.449 e. The fraction of sp³-hybridized carbons (Fsp3) is 0.222. The molecule has 3 aromatic carbocycles. The third kappa shape index (κ3) is 3.57. The Balaban J connectivity index is 1.13. The van der Waals surface area contributed by atoms with Gasteiger partial charge in [-0.3, -0.25) is 0 Å². The minimum atomic E-state index is -0.389. The van der Waals surface area contributed by atoms with Gasteiger partial charge in [-0.05, 0) is 58.4 Å². The molecule has 0 bridgehead atoms. The number of carbonyl (C=O) groups excluding carboxylic acids is 1. The smallest absolute Gasteiger partial charge is 0.407 e. The number of carbonyl (C=O) groups is 1. The van der Waals surface area contributed by atoms with E-state index in [1.165, 1.54) is 39.8 Å². The summed E-state index contributed by atoms with van der Waals surface area (Å²) in [5.41, 5.74) is 8.80. The molecule has 2 aliphatic rings. The number of fused-ring (bicyclic) bond motifs is 4. The van der Waals surface area contributed by atoms with E-state index in [0.717, 1.165) is 12.0 Å². The summed E-state index contributed by atoms with van der Waals surface area (Å²) < 4.78 is 5.54. The van der Waals surface area contributed by atoms with Gasteiger partial charge in [-0.1, -0.05) is 66.4 Å². The van der Waals surface area contributed by atoms with Crippen LogP contribution in [0.1, 0.15) is 40.2 Å². The van der Waals surface area contributed by atoms with Gasteiger partial charge < -0.3 is 10.1 Å². The maximum absolute atomic E-state index is 12.2. The molecule has 1 N–H and O–H groups in total. The highest BCUT2D eigenvalue weighted by Gasteiger charge is 2.28. The molecule has 2 aliphatic carbocycles. The van der Waals surface area contributed by atoms with Crippen molar-refractivity contribution in [3.63, 3.8) is 0 Å². The molecule has 3 nitrogen and oxygen atoms in total. The molecule has 0 radical (unpaired) electrons. The molecule has 0 heterocycles. The molecule has 0 saturated heterocycles. The first-order chi connectivity index (χ1) is 14.8. The first-order valence-electron chi connectivity index (χ1n) is 10.5. The minimum absolute atomic E-state index is 0.0821. The van der Waals surface area contributed by atoms with E-state index in [-0.39, 0.29) is 12.0 Å². The van der Waals surface area contributed by atoms with Crippen LogP contribution in [-0.2, 0) is 17.6 Å². The predicted molar refractivity (Wildman–Crippen MR) is 118 cm³/mol. The lowest BCUT2D eigenvalue weighted by Gasteiger charge is -2.17. The summed E-state index contributed by atoms with van der Waals surface area (Å²) in [5.74, 6) is 6.39. The standard InChI is InChI=1S/C27H23NO2/c29-27(28-16-6-5-7-19-12-13-20-14-15-21(20)17-19)30-18-26-24-10-3-1-8-22(24)23-9-2-4-11-25(23)26/h1-4,8-13,17,26H,6,14-16,18H2,(H,28,29). The lowest BCUT2D eigenvalue weighted by atomic mass is 9.87. The Morgan fingerprint density at radius 1 is 0.933 bits per heavy atom. The Kier molecular flexibility index (Phi) is 4.99. The first-order valence-corrected chi connectivity index (χ1v) is 10.5. The van der Waals surface area contributed by atoms with E-state index in [2.05, 4.69) is 59.6 Å². The fourth-order valence-corrected chi connectivity index (χ4v) is 4.31. The zero-order valence-corrected chi connectivity index (χ0v) is 16.8. The second kappa shape index (κ2) is 8.08. The fourth-order valence-electron chi connectivity index (χ4n) is 4.31. The van der Waals surface area contributed by atoms with Crippen molar-refractivity contribution in [1.82, 2.24) is 5.32 Å². The van der Waals surface area contributed by atoms with E-state index in [1.807, 2.05) is 24.3 Å². The summed E-state index contributed by atoms with van der Waals surface area (Å²) >= 11 is 0. The maximum Gasteiger partial charge on any atom is 0.407 e. The van der Waals surface area contributed by atoms with E-state index in [9.17, 15) is 4.79 Å². The van der Waals surface area contributed by atoms with Crippen LogP contribution in [0.15, 0.2) is 66.7 Å². The third-order valence-electron chi connectivity index (χ3n) is 5.97. The Hall–Kier alpha value is -3.51. The highest BCUT2D eigenvalue weighted by molar-refractivity contribution is 5.79. The average Bonchev–Trinajstić information content (AvgIpc) is 3.07. The highest BCUT2D eigenvalue weighted by atomic mass is 16.5. The highest BCUT2D eigenvalue weighted by Crippen LogP contribution is 2.44. The van der Waals surface area contributed by atoms with Gasteiger partial charge >= 0.3 is 6.09 Å². The number of amides is 1. The van der Waals surface area contributed by atoms with Crippen LogP contribution in [-0.4, -0.2) is 19.2 Å². The van der Waals surface area contributed by atoms with Crippen LogP contribution >= 0.6 is 0 Å². The molecule has 0 unspecified atom stereocenters. The molecule has 0 aliphatic heterocycles. The monoisotopic (exact) mass is 393 g/mol. The molecule has 30 heavy (non-hydrogen) atoms. The Morgan fingerprint density at radius 2 is 1.63 bits per heavy atom. The zero-order chi connectivity index (χ0) is 20.3. The quantitative estimate of drug-likeness (QED) is 0.497. The average molecular weight is 393 g/mol. The molecular weight excluding hydrogens is 370 g/mol. The SMILES string of the molecule is O=C(NCCC#Cc1ccc2c(c1)CC2)OCC1c2ccccc2-c2ccccc21. The molecule has 3 aromatic rings. The summed E-state index contributed by atoms with van der Waals surface area (Å²) in [6.45, 7) is 0.815. The van der Waals surface area contributed by atoms with Crippen LogP contribution in [0.25, 0.3) is 11.1 Å². The molecule has 1 amide bonds. The number of hydrogen-bond donors (Lipinski definition) is 1. The van der Waals surface area contributed by atoms with Gasteiger partial charge in [0.1, 0.15) is 6.61 Å². The molecule has 148 valence electrons. The van der Waals surface area contributed by atoms with Gasteiger partial charge in [0.2, 0.25) is 0 Å². The first kappa shape index (κ1) is 18.5. The summed E-state index contributed by atoms with van der Waals surface area (Å²) in [5, 5.41) is 2.81. The van der Waals surface area contributed by atoms with Gasteiger partial charge in [0.15, 0.2) is 0 Å². The van der Waals surface area contributed by atoms with Crippen molar-refractivity contribution in [2.24, 2.45) is 0 Å². The molecule has 0 spiro atoms. The van der Waals surface area contributed by atoms with Crippen molar-refractivity contribution >= 4 is 6.09 Å². The number of benzene rings is 3. The molecule has 0 aromatic heterocycles. The summed E-state index contributed by atoms with van der Waals surface area (Å²) in [6.07, 6.45) is 2.56. The van der Waals surface area contributed by atoms with E-state index in [4.69, 9.17) is 4.74 Å². The van der Waals surface area contributed by atoms with Crippen molar-refractivity contribution in [1.29, 1.82) is 0 Å². The van der Waals surface area contributed by atoms with E-state index >= 15 is 0 Å². The van der Waals surface area contributed by atoms with Crippen molar-refractivity contribution in [2.75, 3.05) is 13.2 Å². The van der Waals surface area contributed by atoms with Gasteiger partial charge in [0.25, 0.3) is 0 Å². The van der Waals surface area contributed by atoms with Crippen LogP contribution in [0, 0.1) is 11.8 Å². The van der Waals surface area contributed by atoms with E-state index < -0.39 is 0 Å². The van der Waals surface area contributed by atoms with Gasteiger partial charge in [-0.25, -0.2) is 4.79 Å². The van der Waals surface area contributed by atoms with Crippen LogP contribution in [0.3, 0.4) is 0 Å². The maximum atomic E-state index is 12.2. The summed E-state index contributed by atoms with van der Waals surface area (Å²) in [4.78, 5) is 12.2. The Bertz CT molecular complexity index is 1120. The van der Waals surface area contributed by atoms with Gasteiger partial charge in [-0.15, -0.1) is 0 Å². The van der Waals surface area contributed by atoms with Crippen molar-refractivity contribution in [3.8, 4) is 23.0 Å². The van der Waals surface area contributed by atoms with Gasteiger partial charge in [0.05, 0.1) is 0 Å². The number of hydrogen-bond acceptors (Lipinski definition) is 2. The third-order valence-corrected chi connectivity index (χ3v) is 5.97. The van der Waals surface area contributed by atoms with Crippen molar-refractivity contribution in [2.45, 2.75) is 25.2 Å². The van der Waals surface area contributed by atoms with E-state index in [0.29, 0.717) is 19.6 Å². The van der Waals surface area contributed by atoms with Crippen LogP contribution in [0.5, 0.6) is 0 Å². The van der Waals surface area contributed by atoms with Crippen LogP contribution < -0.4 is 5.32 Å². The zero-order valence-electron chi connectivity index (χ0n) is 16.8. The second-order valence-corrected chi connectivity index (χ2v) is 7.79. The molecule has 0 atom stereocenters. The van der Waals surface area contributed by atoms with Crippen molar-refractivity contribution < 1.29 is 9.53 Å².